The molecule has 24 heavy (non-hydrogen) atoms. The zero-order valence-electron chi connectivity index (χ0n) is 13.9. The molecule has 0 fully saturated rings. The first-order valence-corrected chi connectivity index (χ1v) is 7.87. The Hall–Kier alpha value is -2.69. The molecule has 0 aliphatic rings. The van der Waals surface area contributed by atoms with E-state index in [1.165, 1.54) is 0 Å². The second kappa shape index (κ2) is 7.73. The summed E-state index contributed by atoms with van der Waals surface area (Å²) in [6.45, 7) is 4.05. The number of pyridine rings is 1. The van der Waals surface area contributed by atoms with Crippen molar-refractivity contribution in [3.05, 3.63) is 47.2 Å². The molecule has 2 aromatic rings. The van der Waals surface area contributed by atoms with E-state index in [4.69, 9.17) is 5.11 Å². The number of carbonyl (C=O) groups excluding carboxylic acids is 1. The fourth-order valence-corrected chi connectivity index (χ4v) is 2.49. The number of aliphatic carboxylic acids is 1. The number of aromatic hydroxyl groups is 1. The monoisotopic (exact) mass is 327 g/mol. The lowest BCUT2D eigenvalue weighted by Crippen LogP contribution is -2.05. The van der Waals surface area contributed by atoms with E-state index in [0.717, 1.165) is 22.4 Å². The summed E-state index contributed by atoms with van der Waals surface area (Å²) in [5.74, 6) is -1.08. The largest absolute Gasteiger partial charge is 0.506 e. The van der Waals surface area contributed by atoms with Crippen LogP contribution in [0, 0.1) is 13.8 Å². The molecular formula is C19H21NO4. The van der Waals surface area contributed by atoms with Gasteiger partial charge in [-0.2, -0.15) is 0 Å². The third kappa shape index (κ3) is 4.41. The average Bonchev–Trinajstić information content (AvgIpc) is 2.55. The molecule has 1 aromatic heterocycles. The number of ketones is 1. The zero-order valence-corrected chi connectivity index (χ0v) is 13.9. The van der Waals surface area contributed by atoms with Crippen molar-refractivity contribution < 1.29 is 19.8 Å². The number of carboxylic acids is 1. The molecule has 0 saturated heterocycles. The molecule has 0 saturated carbocycles. The van der Waals surface area contributed by atoms with Crippen LogP contribution < -0.4 is 0 Å². The van der Waals surface area contributed by atoms with Crippen molar-refractivity contribution in [2.24, 2.45) is 0 Å². The highest BCUT2D eigenvalue weighted by Gasteiger charge is 2.12. The molecule has 0 amide bonds. The average molecular weight is 327 g/mol. The normalized spacial score (nSPS) is 10.6. The van der Waals surface area contributed by atoms with Gasteiger partial charge in [-0.25, -0.2) is 4.98 Å². The van der Waals surface area contributed by atoms with Crippen LogP contribution in [0.4, 0.5) is 0 Å². The third-order valence-corrected chi connectivity index (χ3v) is 4.09. The summed E-state index contributed by atoms with van der Waals surface area (Å²) in [6.07, 6.45) is 0.306. The van der Waals surface area contributed by atoms with Crippen molar-refractivity contribution in [2.45, 2.75) is 39.5 Å². The summed E-state index contributed by atoms with van der Waals surface area (Å²) < 4.78 is 0. The van der Waals surface area contributed by atoms with Gasteiger partial charge in [0.05, 0.1) is 17.8 Å². The molecule has 5 nitrogen and oxygen atoms in total. The first-order valence-electron chi connectivity index (χ1n) is 7.87. The van der Waals surface area contributed by atoms with E-state index in [1.807, 2.05) is 32.0 Å². The highest BCUT2D eigenvalue weighted by Crippen LogP contribution is 2.27. The predicted molar refractivity (Wildman–Crippen MR) is 91.0 cm³/mol. The zero-order chi connectivity index (χ0) is 17.7. The SMILES string of the molecule is Cc1cccc(-c2ccc(O)c(CCC(=O)CCC(=O)O)n2)c1C. The topological polar surface area (TPSA) is 87.5 Å². The smallest absolute Gasteiger partial charge is 0.303 e. The van der Waals surface area contributed by atoms with Crippen LogP contribution in [0.2, 0.25) is 0 Å². The van der Waals surface area contributed by atoms with E-state index in [9.17, 15) is 14.7 Å². The molecule has 0 radical (unpaired) electrons. The summed E-state index contributed by atoms with van der Waals surface area (Å²) in [6, 6.07) is 9.31. The van der Waals surface area contributed by atoms with E-state index in [2.05, 4.69) is 4.98 Å². The quantitative estimate of drug-likeness (QED) is 0.813. The van der Waals surface area contributed by atoms with Gasteiger partial charge in [-0.1, -0.05) is 18.2 Å². The number of hydrogen-bond donors (Lipinski definition) is 2. The highest BCUT2D eigenvalue weighted by atomic mass is 16.4. The van der Waals surface area contributed by atoms with Gasteiger partial charge >= 0.3 is 5.97 Å². The van der Waals surface area contributed by atoms with E-state index in [-0.39, 0.29) is 30.8 Å². The highest BCUT2D eigenvalue weighted by molar-refractivity contribution is 5.82. The molecule has 1 heterocycles. The van der Waals surface area contributed by atoms with Crippen LogP contribution in [0.1, 0.15) is 36.1 Å². The van der Waals surface area contributed by atoms with Gasteiger partial charge < -0.3 is 10.2 Å². The minimum absolute atomic E-state index is 0.00672. The van der Waals surface area contributed by atoms with Gasteiger partial charge in [0.2, 0.25) is 0 Å². The minimum Gasteiger partial charge on any atom is -0.506 e. The van der Waals surface area contributed by atoms with Gasteiger partial charge in [0.1, 0.15) is 11.5 Å². The molecular weight excluding hydrogens is 306 g/mol. The van der Waals surface area contributed by atoms with Gasteiger partial charge in [0.15, 0.2) is 0 Å². The number of hydrogen-bond acceptors (Lipinski definition) is 4. The first-order chi connectivity index (χ1) is 11.4. The van der Waals surface area contributed by atoms with Crippen molar-refractivity contribution in [2.75, 3.05) is 0 Å². The lowest BCUT2D eigenvalue weighted by Gasteiger charge is -2.10. The van der Waals surface area contributed by atoms with Crippen molar-refractivity contribution in [3.8, 4) is 17.0 Å². The molecule has 0 spiro atoms. The molecule has 1 aromatic carbocycles. The van der Waals surface area contributed by atoms with E-state index in [0.29, 0.717) is 12.1 Å². The molecule has 2 N–H and O–H groups in total. The standard InChI is InChI=1S/C19H21NO4/c1-12-4-3-5-15(13(12)2)16-9-10-18(22)17(20-16)8-6-14(21)7-11-19(23)24/h3-5,9-10,22H,6-8,11H2,1-2H3,(H,23,24). The maximum atomic E-state index is 11.7. The number of nitrogens with zero attached hydrogens (tertiary/aromatic N) is 1. The number of aromatic nitrogens is 1. The third-order valence-electron chi connectivity index (χ3n) is 4.09. The Bertz CT molecular complexity index is 768. The van der Waals surface area contributed by atoms with Gasteiger partial charge in [-0.3, -0.25) is 9.59 Å². The fraction of sp³-hybridized carbons (Fsp3) is 0.316. The van der Waals surface area contributed by atoms with Crippen molar-refractivity contribution in [1.82, 2.24) is 4.98 Å². The second-order valence-electron chi connectivity index (χ2n) is 5.84. The summed E-state index contributed by atoms with van der Waals surface area (Å²) in [7, 11) is 0. The van der Waals surface area contributed by atoms with E-state index < -0.39 is 5.97 Å². The Balaban J connectivity index is 2.16. The number of rotatable bonds is 7. The van der Waals surface area contributed by atoms with Crippen LogP contribution >= 0.6 is 0 Å². The van der Waals surface area contributed by atoms with Gasteiger partial charge in [0.25, 0.3) is 0 Å². The number of Topliss-reactive ketones (excluding diaryl/α,β-unsaturated/α-hetero) is 1. The Morgan fingerprint density at radius 1 is 1.04 bits per heavy atom. The molecule has 0 aliphatic heterocycles. The van der Waals surface area contributed by atoms with Gasteiger partial charge in [-0.05, 0) is 37.1 Å². The van der Waals surface area contributed by atoms with Crippen molar-refractivity contribution in [3.63, 3.8) is 0 Å². The maximum Gasteiger partial charge on any atom is 0.303 e. The molecule has 0 aliphatic carbocycles. The van der Waals surface area contributed by atoms with E-state index >= 15 is 0 Å². The Kier molecular flexibility index (Phi) is 5.68. The summed E-state index contributed by atoms with van der Waals surface area (Å²) in [5, 5.41) is 18.6. The molecule has 0 bridgehead atoms. The van der Waals surface area contributed by atoms with Gasteiger partial charge in [0, 0.05) is 24.8 Å². The molecule has 126 valence electrons. The summed E-state index contributed by atoms with van der Waals surface area (Å²) in [4.78, 5) is 26.7. The van der Waals surface area contributed by atoms with Crippen LogP contribution in [-0.2, 0) is 16.0 Å². The van der Waals surface area contributed by atoms with Crippen LogP contribution in [0.25, 0.3) is 11.3 Å². The molecule has 0 unspecified atom stereocenters. The summed E-state index contributed by atoms with van der Waals surface area (Å²) in [5.41, 5.74) is 4.49. The lowest BCUT2D eigenvalue weighted by atomic mass is 10.00. The van der Waals surface area contributed by atoms with Crippen molar-refractivity contribution >= 4 is 11.8 Å². The molecule has 0 atom stereocenters. The van der Waals surface area contributed by atoms with Crippen LogP contribution in [0.15, 0.2) is 30.3 Å². The second-order valence-corrected chi connectivity index (χ2v) is 5.84. The number of carboxylic acid groups (broad SMARTS) is 1. The Labute approximate surface area is 141 Å². The minimum atomic E-state index is -0.985. The predicted octanol–water partition coefficient (Wildman–Crippen LogP) is 3.44. The van der Waals surface area contributed by atoms with Gasteiger partial charge in [-0.15, -0.1) is 0 Å². The van der Waals surface area contributed by atoms with E-state index in [1.54, 1.807) is 12.1 Å². The first kappa shape index (κ1) is 17.7. The lowest BCUT2D eigenvalue weighted by molar-refractivity contribution is -0.138. The Morgan fingerprint density at radius 3 is 2.50 bits per heavy atom. The maximum absolute atomic E-state index is 11.7. The number of benzene rings is 1. The van der Waals surface area contributed by atoms with Crippen LogP contribution in [0.5, 0.6) is 5.75 Å². The Morgan fingerprint density at radius 2 is 1.79 bits per heavy atom. The molecule has 5 heteroatoms. The number of carbonyl (C=O) groups is 2. The van der Waals surface area contributed by atoms with Crippen molar-refractivity contribution in [1.29, 1.82) is 0 Å². The fourth-order valence-electron chi connectivity index (χ4n) is 2.49. The molecule has 2 rings (SSSR count). The van der Waals surface area contributed by atoms with Crippen LogP contribution in [0.3, 0.4) is 0 Å². The number of aryl methyl sites for hydroxylation is 2. The summed E-state index contributed by atoms with van der Waals surface area (Å²) >= 11 is 0. The van der Waals surface area contributed by atoms with Crippen LogP contribution in [-0.4, -0.2) is 26.9 Å².